The predicted molar refractivity (Wildman–Crippen MR) is 149 cm³/mol. The number of rotatable bonds is 3. The molecule has 0 saturated carbocycles. The third-order valence-corrected chi connectivity index (χ3v) is 6.98. The number of nitrogens with zero attached hydrogens (tertiary/aromatic N) is 3. The molecule has 7 rings (SSSR count). The highest BCUT2D eigenvalue weighted by Gasteiger charge is 2.17. The standard InChI is InChI=1S/C33H23N3/c1-3-11-22(12-4-1)31-34-32(23-13-5-2-6-14-23)36-33(35-31)24-19-20-29-27-17-8-7-15-25(27)26-16-9-10-18-28(26)30(29)21-24/h1-6,8-14,16-21H,7,15H2. The first-order valence-corrected chi connectivity index (χ1v) is 12.4. The van der Waals surface area contributed by atoms with Gasteiger partial charge in [0, 0.05) is 16.7 Å². The fourth-order valence-electron chi connectivity index (χ4n) is 5.26. The van der Waals surface area contributed by atoms with Gasteiger partial charge in [0.2, 0.25) is 0 Å². The minimum atomic E-state index is 0.679. The maximum atomic E-state index is 4.94. The van der Waals surface area contributed by atoms with E-state index >= 15 is 0 Å². The average Bonchev–Trinajstić information content (AvgIpc) is 2.98. The van der Waals surface area contributed by atoms with Gasteiger partial charge in [0.15, 0.2) is 17.5 Å². The molecule has 0 radical (unpaired) electrons. The van der Waals surface area contributed by atoms with Crippen LogP contribution in [0.25, 0.3) is 61.8 Å². The number of fused-ring (bicyclic) bond motifs is 6. The third kappa shape index (κ3) is 3.48. The van der Waals surface area contributed by atoms with Crippen LogP contribution in [-0.2, 0) is 6.42 Å². The molecule has 5 aromatic carbocycles. The molecule has 1 aliphatic rings. The minimum absolute atomic E-state index is 0.679. The van der Waals surface area contributed by atoms with E-state index in [9.17, 15) is 0 Å². The number of hydrogen-bond acceptors (Lipinski definition) is 3. The first-order chi connectivity index (χ1) is 17.8. The maximum Gasteiger partial charge on any atom is 0.164 e. The lowest BCUT2D eigenvalue weighted by Crippen LogP contribution is -2.01. The number of benzene rings is 5. The zero-order valence-corrected chi connectivity index (χ0v) is 19.7. The van der Waals surface area contributed by atoms with Crippen molar-refractivity contribution in [2.24, 2.45) is 0 Å². The lowest BCUT2D eigenvalue weighted by molar-refractivity contribution is 1.00. The number of aryl methyl sites for hydroxylation is 1. The van der Waals surface area contributed by atoms with Crippen LogP contribution in [0, 0.1) is 0 Å². The Labute approximate surface area is 209 Å². The fourth-order valence-corrected chi connectivity index (χ4v) is 5.26. The minimum Gasteiger partial charge on any atom is -0.208 e. The van der Waals surface area contributed by atoms with Crippen LogP contribution in [-0.4, -0.2) is 15.0 Å². The highest BCUT2D eigenvalue weighted by atomic mass is 15.0. The van der Waals surface area contributed by atoms with Crippen LogP contribution < -0.4 is 0 Å². The predicted octanol–water partition coefficient (Wildman–Crippen LogP) is 8.14. The first-order valence-electron chi connectivity index (χ1n) is 12.4. The molecule has 1 aliphatic carbocycles. The Balaban J connectivity index is 1.48. The molecule has 0 amide bonds. The van der Waals surface area contributed by atoms with Crippen LogP contribution in [0.3, 0.4) is 0 Å². The second-order valence-corrected chi connectivity index (χ2v) is 9.18. The molecule has 3 nitrogen and oxygen atoms in total. The van der Waals surface area contributed by atoms with Crippen molar-refractivity contribution in [2.75, 3.05) is 0 Å². The number of aromatic nitrogens is 3. The number of hydrogen-bond donors (Lipinski definition) is 0. The third-order valence-electron chi connectivity index (χ3n) is 6.98. The molecule has 36 heavy (non-hydrogen) atoms. The molecular formula is C33H23N3. The molecule has 0 fully saturated rings. The lowest BCUT2D eigenvalue weighted by atomic mass is 9.86. The molecule has 0 atom stereocenters. The van der Waals surface area contributed by atoms with Crippen molar-refractivity contribution in [3.8, 4) is 34.2 Å². The second-order valence-electron chi connectivity index (χ2n) is 9.18. The highest BCUT2D eigenvalue weighted by Crippen LogP contribution is 2.38. The summed E-state index contributed by atoms with van der Waals surface area (Å²) in [6, 6.07) is 35.6. The second kappa shape index (κ2) is 8.54. The lowest BCUT2D eigenvalue weighted by Gasteiger charge is -2.18. The van der Waals surface area contributed by atoms with E-state index in [-0.39, 0.29) is 0 Å². The van der Waals surface area contributed by atoms with E-state index in [4.69, 9.17) is 15.0 Å². The van der Waals surface area contributed by atoms with Crippen LogP contribution in [0.1, 0.15) is 17.5 Å². The largest absolute Gasteiger partial charge is 0.208 e. The van der Waals surface area contributed by atoms with E-state index in [0.29, 0.717) is 17.5 Å². The van der Waals surface area contributed by atoms with Crippen molar-refractivity contribution in [3.05, 3.63) is 120 Å². The highest BCUT2D eigenvalue weighted by molar-refractivity contribution is 6.13. The zero-order chi connectivity index (χ0) is 23.9. The Morgan fingerprint density at radius 2 is 1.06 bits per heavy atom. The van der Waals surface area contributed by atoms with Crippen LogP contribution in [0.2, 0.25) is 0 Å². The van der Waals surface area contributed by atoms with E-state index in [1.807, 2.05) is 60.7 Å². The topological polar surface area (TPSA) is 38.7 Å². The Morgan fingerprint density at radius 3 is 1.72 bits per heavy atom. The molecule has 0 bridgehead atoms. The average molecular weight is 462 g/mol. The Kier molecular flexibility index (Phi) is 4.92. The van der Waals surface area contributed by atoms with Crippen LogP contribution in [0.4, 0.5) is 0 Å². The van der Waals surface area contributed by atoms with Gasteiger partial charge in [0.25, 0.3) is 0 Å². The molecule has 170 valence electrons. The van der Waals surface area contributed by atoms with E-state index in [2.05, 4.69) is 54.6 Å². The SMILES string of the molecule is C1=Cc2c(c3ccccc3c3cc(-c4nc(-c5ccccc5)nc(-c5ccccc5)n4)ccc23)CC1. The fraction of sp³-hybridized carbons (Fsp3) is 0.0606. The van der Waals surface area contributed by atoms with Crippen molar-refractivity contribution >= 4 is 27.6 Å². The molecule has 0 aliphatic heterocycles. The van der Waals surface area contributed by atoms with Crippen molar-refractivity contribution < 1.29 is 0 Å². The van der Waals surface area contributed by atoms with E-state index < -0.39 is 0 Å². The number of allylic oxidation sites excluding steroid dienone is 1. The summed E-state index contributed by atoms with van der Waals surface area (Å²) in [5, 5.41) is 5.14. The summed E-state index contributed by atoms with van der Waals surface area (Å²) < 4.78 is 0. The van der Waals surface area contributed by atoms with Crippen molar-refractivity contribution in [2.45, 2.75) is 12.8 Å². The molecule has 1 aromatic heterocycles. The van der Waals surface area contributed by atoms with Crippen LogP contribution >= 0.6 is 0 Å². The van der Waals surface area contributed by atoms with Crippen molar-refractivity contribution in [3.63, 3.8) is 0 Å². The molecule has 1 heterocycles. The van der Waals surface area contributed by atoms with E-state index in [1.165, 1.54) is 32.7 Å². The summed E-state index contributed by atoms with van der Waals surface area (Å²) in [6.07, 6.45) is 6.75. The van der Waals surface area contributed by atoms with Gasteiger partial charge >= 0.3 is 0 Å². The Bertz CT molecular complexity index is 1710. The summed E-state index contributed by atoms with van der Waals surface area (Å²) in [6.45, 7) is 0. The van der Waals surface area contributed by atoms with Gasteiger partial charge in [-0.15, -0.1) is 0 Å². The van der Waals surface area contributed by atoms with Gasteiger partial charge in [0.1, 0.15) is 0 Å². The van der Waals surface area contributed by atoms with Crippen molar-refractivity contribution in [1.29, 1.82) is 0 Å². The summed E-state index contributed by atoms with van der Waals surface area (Å²) in [4.78, 5) is 14.7. The summed E-state index contributed by atoms with van der Waals surface area (Å²) in [5.74, 6) is 2.04. The smallest absolute Gasteiger partial charge is 0.164 e. The van der Waals surface area contributed by atoms with Crippen LogP contribution in [0.5, 0.6) is 0 Å². The molecular weight excluding hydrogens is 438 g/mol. The molecule has 0 saturated heterocycles. The van der Waals surface area contributed by atoms with Gasteiger partial charge in [-0.3, -0.25) is 0 Å². The molecule has 6 aromatic rings. The van der Waals surface area contributed by atoms with Gasteiger partial charge in [-0.1, -0.05) is 109 Å². The normalized spacial score (nSPS) is 12.7. The van der Waals surface area contributed by atoms with E-state index in [1.54, 1.807) is 0 Å². The van der Waals surface area contributed by atoms with Crippen molar-refractivity contribution in [1.82, 2.24) is 15.0 Å². The van der Waals surface area contributed by atoms with E-state index in [0.717, 1.165) is 29.5 Å². The zero-order valence-electron chi connectivity index (χ0n) is 19.7. The summed E-state index contributed by atoms with van der Waals surface area (Å²) in [7, 11) is 0. The molecule has 0 unspecified atom stereocenters. The Morgan fingerprint density at radius 1 is 0.472 bits per heavy atom. The van der Waals surface area contributed by atoms with Gasteiger partial charge in [-0.25, -0.2) is 15.0 Å². The van der Waals surface area contributed by atoms with Gasteiger partial charge < -0.3 is 0 Å². The monoisotopic (exact) mass is 461 g/mol. The van der Waals surface area contributed by atoms with Gasteiger partial charge in [0.05, 0.1) is 0 Å². The van der Waals surface area contributed by atoms with Crippen LogP contribution in [0.15, 0.2) is 109 Å². The maximum absolute atomic E-state index is 4.94. The molecule has 0 spiro atoms. The summed E-state index contributed by atoms with van der Waals surface area (Å²) >= 11 is 0. The van der Waals surface area contributed by atoms with Gasteiger partial charge in [-0.05, 0) is 51.6 Å². The molecule has 0 N–H and O–H groups in total. The quantitative estimate of drug-likeness (QED) is 0.250. The summed E-state index contributed by atoms with van der Waals surface area (Å²) in [5.41, 5.74) is 5.73. The Hall–Kier alpha value is -4.63. The molecule has 3 heteroatoms. The first kappa shape index (κ1) is 20.7. The van der Waals surface area contributed by atoms with Gasteiger partial charge in [-0.2, -0.15) is 0 Å².